The average Bonchev–Trinajstić information content (AvgIpc) is 2.47. The predicted octanol–water partition coefficient (Wildman–Crippen LogP) is 3.14. The van der Waals surface area contributed by atoms with Crippen molar-refractivity contribution in [1.82, 2.24) is 0 Å². The zero-order valence-electron chi connectivity index (χ0n) is 11.7. The fourth-order valence-corrected chi connectivity index (χ4v) is 1.87. The highest BCUT2D eigenvalue weighted by Crippen LogP contribution is 2.33. The Morgan fingerprint density at radius 2 is 1.95 bits per heavy atom. The number of anilines is 1. The number of carbonyl (C=O) groups is 1. The molecule has 0 aliphatic heterocycles. The summed E-state index contributed by atoms with van der Waals surface area (Å²) in [5.41, 5.74) is 7.10. The van der Waals surface area contributed by atoms with Crippen molar-refractivity contribution in [3.05, 3.63) is 47.5 Å². The second kappa shape index (κ2) is 5.97. The number of hydrogen-bond donors (Lipinski definition) is 1. The van der Waals surface area contributed by atoms with Crippen LogP contribution in [-0.4, -0.2) is 12.9 Å². The van der Waals surface area contributed by atoms with Gasteiger partial charge < -0.3 is 15.2 Å². The topological polar surface area (TPSA) is 85.3 Å². The van der Waals surface area contributed by atoms with Gasteiger partial charge in [0, 0.05) is 23.4 Å². The molecule has 0 radical (unpaired) electrons. The molecule has 2 N–H and O–H groups in total. The van der Waals surface area contributed by atoms with Gasteiger partial charge in [-0.25, -0.2) is 0 Å². The Bertz CT molecular complexity index is 733. The van der Waals surface area contributed by atoms with Gasteiger partial charge in [-0.2, -0.15) is 5.26 Å². The fraction of sp³-hybridized carbons (Fsp3) is 0.125. The third-order valence-electron chi connectivity index (χ3n) is 2.92. The van der Waals surface area contributed by atoms with Gasteiger partial charge in [-0.05, 0) is 31.2 Å². The van der Waals surface area contributed by atoms with E-state index in [-0.39, 0.29) is 5.78 Å². The van der Waals surface area contributed by atoms with E-state index in [1.54, 1.807) is 36.4 Å². The Morgan fingerprint density at radius 3 is 2.52 bits per heavy atom. The molecule has 0 aromatic heterocycles. The Balaban J connectivity index is 2.32. The molecule has 0 unspecified atom stereocenters. The molecular formula is C16H14N2O3. The standard InChI is InChI=1S/C16H14N2O3/c1-10(19)13-5-4-12(8-14(13)18)21-15-6-3-11(9-17)7-16(15)20-2/h3-8H,18H2,1-2H3. The van der Waals surface area contributed by atoms with Crippen LogP contribution in [0.4, 0.5) is 5.69 Å². The van der Waals surface area contributed by atoms with Crippen molar-refractivity contribution in [3.63, 3.8) is 0 Å². The van der Waals surface area contributed by atoms with Crippen molar-refractivity contribution in [2.24, 2.45) is 0 Å². The van der Waals surface area contributed by atoms with Gasteiger partial charge in [-0.15, -0.1) is 0 Å². The molecule has 21 heavy (non-hydrogen) atoms. The molecular weight excluding hydrogens is 268 g/mol. The fourth-order valence-electron chi connectivity index (χ4n) is 1.87. The smallest absolute Gasteiger partial charge is 0.169 e. The number of nitrogens with zero attached hydrogens (tertiary/aromatic N) is 1. The number of benzene rings is 2. The molecule has 0 aliphatic rings. The molecule has 0 fully saturated rings. The number of hydrogen-bond acceptors (Lipinski definition) is 5. The summed E-state index contributed by atoms with van der Waals surface area (Å²) in [6.07, 6.45) is 0. The lowest BCUT2D eigenvalue weighted by atomic mass is 10.1. The molecule has 0 saturated carbocycles. The molecule has 5 heteroatoms. The lowest BCUT2D eigenvalue weighted by Gasteiger charge is -2.11. The number of nitrogen functional groups attached to an aromatic ring is 1. The predicted molar refractivity (Wildman–Crippen MR) is 78.6 cm³/mol. The maximum atomic E-state index is 11.3. The van der Waals surface area contributed by atoms with Crippen LogP contribution >= 0.6 is 0 Å². The number of nitrogens with two attached hydrogens (primary N) is 1. The third kappa shape index (κ3) is 3.12. The van der Waals surface area contributed by atoms with Crippen LogP contribution in [0.15, 0.2) is 36.4 Å². The van der Waals surface area contributed by atoms with Gasteiger partial charge in [0.1, 0.15) is 5.75 Å². The Kier molecular flexibility index (Phi) is 4.10. The molecule has 0 saturated heterocycles. The number of Topliss-reactive ketones (excluding diaryl/α,β-unsaturated/α-hetero) is 1. The molecule has 106 valence electrons. The zero-order valence-corrected chi connectivity index (χ0v) is 11.7. The van der Waals surface area contributed by atoms with Crippen molar-refractivity contribution in [3.8, 4) is 23.3 Å². The van der Waals surface area contributed by atoms with Crippen LogP contribution in [0.1, 0.15) is 22.8 Å². The van der Waals surface area contributed by atoms with Crippen molar-refractivity contribution < 1.29 is 14.3 Å². The van der Waals surface area contributed by atoms with E-state index in [4.69, 9.17) is 20.5 Å². The minimum absolute atomic E-state index is 0.102. The Morgan fingerprint density at radius 1 is 1.19 bits per heavy atom. The van der Waals surface area contributed by atoms with E-state index in [9.17, 15) is 4.79 Å². The molecule has 5 nitrogen and oxygen atoms in total. The Labute approximate surface area is 122 Å². The Hall–Kier alpha value is -3.00. The number of rotatable bonds is 4. The molecule has 2 rings (SSSR count). The number of nitriles is 1. The number of methoxy groups -OCH3 is 1. The summed E-state index contributed by atoms with van der Waals surface area (Å²) in [7, 11) is 1.50. The van der Waals surface area contributed by atoms with Crippen molar-refractivity contribution in [1.29, 1.82) is 5.26 Å². The molecule has 2 aromatic rings. The van der Waals surface area contributed by atoms with E-state index >= 15 is 0 Å². The van der Waals surface area contributed by atoms with Gasteiger partial charge in [0.2, 0.25) is 0 Å². The number of ether oxygens (including phenoxy) is 2. The molecule has 0 atom stereocenters. The summed E-state index contributed by atoms with van der Waals surface area (Å²) < 4.78 is 10.9. The second-order valence-electron chi connectivity index (χ2n) is 4.38. The van der Waals surface area contributed by atoms with Gasteiger partial charge in [0.15, 0.2) is 17.3 Å². The molecule has 2 aromatic carbocycles. The normalized spacial score (nSPS) is 9.76. The first-order chi connectivity index (χ1) is 10.0. The van der Waals surface area contributed by atoms with Gasteiger partial charge in [0.05, 0.1) is 18.7 Å². The van der Waals surface area contributed by atoms with Gasteiger partial charge in [0.25, 0.3) is 0 Å². The lowest BCUT2D eigenvalue weighted by molar-refractivity contribution is 0.101. The van der Waals surface area contributed by atoms with Gasteiger partial charge in [-0.1, -0.05) is 0 Å². The average molecular weight is 282 g/mol. The minimum Gasteiger partial charge on any atom is -0.493 e. The van der Waals surface area contributed by atoms with Crippen LogP contribution in [0.2, 0.25) is 0 Å². The number of ketones is 1. The van der Waals surface area contributed by atoms with Crippen molar-refractivity contribution >= 4 is 11.5 Å². The molecule has 0 spiro atoms. The largest absolute Gasteiger partial charge is 0.493 e. The van der Waals surface area contributed by atoms with Gasteiger partial charge >= 0.3 is 0 Å². The van der Waals surface area contributed by atoms with Gasteiger partial charge in [-0.3, -0.25) is 4.79 Å². The van der Waals surface area contributed by atoms with Crippen LogP contribution in [0, 0.1) is 11.3 Å². The quantitative estimate of drug-likeness (QED) is 0.687. The minimum atomic E-state index is -0.102. The number of carbonyl (C=O) groups excluding carboxylic acids is 1. The van der Waals surface area contributed by atoms with E-state index < -0.39 is 0 Å². The highest BCUT2D eigenvalue weighted by Gasteiger charge is 2.10. The van der Waals surface area contributed by atoms with E-state index in [2.05, 4.69) is 0 Å². The second-order valence-corrected chi connectivity index (χ2v) is 4.38. The maximum absolute atomic E-state index is 11.3. The van der Waals surface area contributed by atoms with E-state index in [1.807, 2.05) is 6.07 Å². The van der Waals surface area contributed by atoms with Crippen molar-refractivity contribution in [2.75, 3.05) is 12.8 Å². The van der Waals surface area contributed by atoms with Crippen LogP contribution in [0.25, 0.3) is 0 Å². The summed E-state index contributed by atoms with van der Waals surface area (Å²) in [5, 5.41) is 8.86. The third-order valence-corrected chi connectivity index (χ3v) is 2.92. The SMILES string of the molecule is COc1cc(C#N)ccc1Oc1ccc(C(C)=O)c(N)c1. The van der Waals surface area contributed by atoms with E-state index in [0.29, 0.717) is 34.1 Å². The highest BCUT2D eigenvalue weighted by atomic mass is 16.5. The first kappa shape index (κ1) is 14.4. The summed E-state index contributed by atoms with van der Waals surface area (Å²) >= 11 is 0. The zero-order chi connectivity index (χ0) is 15.4. The maximum Gasteiger partial charge on any atom is 0.169 e. The van der Waals surface area contributed by atoms with E-state index in [0.717, 1.165) is 0 Å². The summed E-state index contributed by atoms with van der Waals surface area (Å²) in [6.45, 7) is 1.45. The van der Waals surface area contributed by atoms with Crippen LogP contribution in [0.5, 0.6) is 17.2 Å². The van der Waals surface area contributed by atoms with Crippen LogP contribution in [-0.2, 0) is 0 Å². The molecule has 0 aliphatic carbocycles. The monoisotopic (exact) mass is 282 g/mol. The summed E-state index contributed by atoms with van der Waals surface area (Å²) in [6, 6.07) is 11.7. The highest BCUT2D eigenvalue weighted by molar-refractivity contribution is 5.99. The molecule has 0 bridgehead atoms. The van der Waals surface area contributed by atoms with E-state index in [1.165, 1.54) is 14.0 Å². The molecule has 0 heterocycles. The van der Waals surface area contributed by atoms with Crippen LogP contribution < -0.4 is 15.2 Å². The van der Waals surface area contributed by atoms with Crippen LogP contribution in [0.3, 0.4) is 0 Å². The lowest BCUT2D eigenvalue weighted by Crippen LogP contribution is -2.00. The summed E-state index contributed by atoms with van der Waals surface area (Å²) in [5.74, 6) is 1.30. The first-order valence-electron chi connectivity index (χ1n) is 6.21. The van der Waals surface area contributed by atoms with Crippen molar-refractivity contribution in [2.45, 2.75) is 6.92 Å². The summed E-state index contributed by atoms with van der Waals surface area (Å²) in [4.78, 5) is 11.3. The molecule has 0 amide bonds. The first-order valence-corrected chi connectivity index (χ1v) is 6.21.